The zero-order valence-electron chi connectivity index (χ0n) is 9.14. The summed E-state index contributed by atoms with van der Waals surface area (Å²) >= 11 is 0. The van der Waals surface area contributed by atoms with E-state index in [0.29, 0.717) is 0 Å². The van der Waals surface area contributed by atoms with E-state index in [0.717, 1.165) is 12.3 Å². The van der Waals surface area contributed by atoms with Crippen LogP contribution in [0, 0.1) is 11.3 Å². The Morgan fingerprint density at radius 1 is 1.31 bits per heavy atom. The standard InChI is InChI=1S/C11H23NO/c1-10(2,12)11(3,6-7-13)8-9-4-5-9/h9,13H,4-8,12H2,1-3H3. The average molecular weight is 185 g/mol. The molecule has 1 aliphatic carbocycles. The lowest BCUT2D eigenvalue weighted by Gasteiger charge is -2.42. The summed E-state index contributed by atoms with van der Waals surface area (Å²) in [5.41, 5.74) is 6.08. The van der Waals surface area contributed by atoms with Crippen LogP contribution in [0.25, 0.3) is 0 Å². The van der Waals surface area contributed by atoms with Crippen molar-refractivity contribution >= 4 is 0 Å². The second-order valence-corrected chi connectivity index (χ2v) is 5.40. The van der Waals surface area contributed by atoms with Gasteiger partial charge < -0.3 is 10.8 Å². The van der Waals surface area contributed by atoms with Crippen LogP contribution in [-0.2, 0) is 0 Å². The quantitative estimate of drug-likeness (QED) is 0.687. The molecular weight excluding hydrogens is 162 g/mol. The molecule has 13 heavy (non-hydrogen) atoms. The van der Waals surface area contributed by atoms with Crippen molar-refractivity contribution in [1.29, 1.82) is 0 Å². The molecular formula is C11H23NO. The maximum atomic E-state index is 9.04. The van der Waals surface area contributed by atoms with Gasteiger partial charge in [-0.3, -0.25) is 0 Å². The Bertz CT molecular complexity index is 169. The zero-order valence-corrected chi connectivity index (χ0v) is 9.14. The van der Waals surface area contributed by atoms with Crippen molar-refractivity contribution in [3.63, 3.8) is 0 Å². The van der Waals surface area contributed by atoms with Crippen LogP contribution in [0.5, 0.6) is 0 Å². The van der Waals surface area contributed by atoms with Gasteiger partial charge in [0.25, 0.3) is 0 Å². The maximum Gasteiger partial charge on any atom is 0.0436 e. The Morgan fingerprint density at radius 2 is 1.85 bits per heavy atom. The minimum absolute atomic E-state index is 0.100. The van der Waals surface area contributed by atoms with Crippen molar-refractivity contribution in [2.24, 2.45) is 17.1 Å². The van der Waals surface area contributed by atoms with Gasteiger partial charge in [0.2, 0.25) is 0 Å². The largest absolute Gasteiger partial charge is 0.396 e. The number of nitrogens with two attached hydrogens (primary N) is 1. The topological polar surface area (TPSA) is 46.2 Å². The lowest BCUT2D eigenvalue weighted by Crippen LogP contribution is -2.49. The van der Waals surface area contributed by atoms with Gasteiger partial charge in [0.15, 0.2) is 0 Å². The second kappa shape index (κ2) is 3.58. The summed E-state index contributed by atoms with van der Waals surface area (Å²) in [6, 6.07) is 0. The van der Waals surface area contributed by atoms with E-state index in [1.807, 2.05) is 0 Å². The third kappa shape index (κ3) is 2.68. The first-order valence-corrected chi connectivity index (χ1v) is 5.29. The first-order chi connectivity index (χ1) is 5.89. The average Bonchev–Trinajstić information content (AvgIpc) is 2.69. The van der Waals surface area contributed by atoms with E-state index in [1.54, 1.807) is 0 Å². The Morgan fingerprint density at radius 3 is 2.15 bits per heavy atom. The van der Waals surface area contributed by atoms with Crippen molar-refractivity contribution < 1.29 is 5.11 Å². The third-order valence-corrected chi connectivity index (χ3v) is 3.66. The van der Waals surface area contributed by atoms with Crippen molar-refractivity contribution in [2.45, 2.75) is 52.0 Å². The SMILES string of the molecule is CC(C)(N)C(C)(CCO)CC1CC1. The van der Waals surface area contributed by atoms with Crippen LogP contribution < -0.4 is 5.73 Å². The van der Waals surface area contributed by atoms with Gasteiger partial charge in [-0.1, -0.05) is 19.8 Å². The molecule has 0 aromatic rings. The molecule has 1 rings (SSSR count). The summed E-state index contributed by atoms with van der Waals surface area (Å²) in [7, 11) is 0. The summed E-state index contributed by atoms with van der Waals surface area (Å²) in [6.45, 7) is 6.61. The summed E-state index contributed by atoms with van der Waals surface area (Å²) < 4.78 is 0. The number of hydrogen-bond donors (Lipinski definition) is 2. The first kappa shape index (κ1) is 11.0. The van der Waals surface area contributed by atoms with Crippen LogP contribution in [0.4, 0.5) is 0 Å². The highest BCUT2D eigenvalue weighted by Crippen LogP contribution is 2.46. The number of aliphatic hydroxyl groups excluding tert-OH is 1. The number of rotatable bonds is 5. The molecule has 2 nitrogen and oxygen atoms in total. The molecule has 0 saturated heterocycles. The number of hydrogen-bond acceptors (Lipinski definition) is 2. The number of aliphatic hydroxyl groups is 1. The fraction of sp³-hybridized carbons (Fsp3) is 1.00. The van der Waals surface area contributed by atoms with Gasteiger partial charge >= 0.3 is 0 Å². The minimum atomic E-state index is -0.182. The van der Waals surface area contributed by atoms with Gasteiger partial charge in [-0.15, -0.1) is 0 Å². The van der Waals surface area contributed by atoms with Gasteiger partial charge in [0.05, 0.1) is 0 Å². The van der Waals surface area contributed by atoms with Crippen LogP contribution in [-0.4, -0.2) is 17.3 Å². The van der Waals surface area contributed by atoms with Crippen LogP contribution >= 0.6 is 0 Å². The maximum absolute atomic E-state index is 9.04. The predicted octanol–water partition coefficient (Wildman–Crippen LogP) is 1.91. The van der Waals surface area contributed by atoms with E-state index in [4.69, 9.17) is 10.8 Å². The Labute approximate surface area is 81.5 Å². The first-order valence-electron chi connectivity index (χ1n) is 5.29. The van der Waals surface area contributed by atoms with E-state index in [-0.39, 0.29) is 17.6 Å². The molecule has 1 saturated carbocycles. The monoisotopic (exact) mass is 185 g/mol. The predicted molar refractivity (Wildman–Crippen MR) is 55.4 cm³/mol. The van der Waals surface area contributed by atoms with Gasteiger partial charge in [0.1, 0.15) is 0 Å². The van der Waals surface area contributed by atoms with E-state index >= 15 is 0 Å². The molecule has 0 heterocycles. The summed E-state index contributed by atoms with van der Waals surface area (Å²) in [5, 5.41) is 9.04. The molecule has 78 valence electrons. The highest BCUT2D eigenvalue weighted by molar-refractivity contribution is 4.96. The van der Waals surface area contributed by atoms with E-state index in [1.165, 1.54) is 19.3 Å². The van der Waals surface area contributed by atoms with Crippen molar-refractivity contribution in [1.82, 2.24) is 0 Å². The molecule has 0 aromatic heterocycles. The summed E-state index contributed by atoms with van der Waals surface area (Å²) in [5.74, 6) is 0.874. The molecule has 2 heteroatoms. The molecule has 0 aromatic carbocycles. The van der Waals surface area contributed by atoms with Crippen LogP contribution in [0.3, 0.4) is 0 Å². The van der Waals surface area contributed by atoms with Crippen molar-refractivity contribution in [3.05, 3.63) is 0 Å². The molecule has 1 aliphatic rings. The fourth-order valence-corrected chi connectivity index (χ4v) is 1.89. The Hall–Kier alpha value is -0.0800. The lowest BCUT2D eigenvalue weighted by atomic mass is 9.68. The Balaban J connectivity index is 2.60. The van der Waals surface area contributed by atoms with Crippen LogP contribution in [0.15, 0.2) is 0 Å². The second-order valence-electron chi connectivity index (χ2n) is 5.40. The van der Waals surface area contributed by atoms with E-state index in [2.05, 4.69) is 20.8 Å². The van der Waals surface area contributed by atoms with Gasteiger partial charge in [0, 0.05) is 12.1 Å². The van der Waals surface area contributed by atoms with E-state index in [9.17, 15) is 0 Å². The van der Waals surface area contributed by atoms with Gasteiger partial charge in [-0.05, 0) is 38.0 Å². The molecule has 1 atom stereocenters. The van der Waals surface area contributed by atoms with Gasteiger partial charge in [-0.25, -0.2) is 0 Å². The summed E-state index contributed by atoms with van der Waals surface area (Å²) in [4.78, 5) is 0. The zero-order chi connectivity index (χ0) is 10.1. The molecule has 1 unspecified atom stereocenters. The molecule has 0 radical (unpaired) electrons. The van der Waals surface area contributed by atoms with E-state index < -0.39 is 0 Å². The molecule has 0 spiro atoms. The minimum Gasteiger partial charge on any atom is -0.396 e. The Kier molecular flexibility index (Phi) is 3.03. The van der Waals surface area contributed by atoms with Gasteiger partial charge in [-0.2, -0.15) is 0 Å². The highest BCUT2D eigenvalue weighted by atomic mass is 16.3. The molecule has 3 N–H and O–H groups in total. The van der Waals surface area contributed by atoms with Crippen molar-refractivity contribution in [3.8, 4) is 0 Å². The molecule has 1 fully saturated rings. The summed E-state index contributed by atoms with van der Waals surface area (Å²) in [6.07, 6.45) is 4.72. The molecule has 0 amide bonds. The fourth-order valence-electron chi connectivity index (χ4n) is 1.89. The molecule has 0 aliphatic heterocycles. The normalized spacial score (nSPS) is 22.8. The lowest BCUT2D eigenvalue weighted by molar-refractivity contribution is 0.102. The smallest absolute Gasteiger partial charge is 0.0436 e. The van der Waals surface area contributed by atoms with Crippen LogP contribution in [0.1, 0.15) is 46.5 Å². The van der Waals surface area contributed by atoms with Crippen molar-refractivity contribution in [2.75, 3.05) is 6.61 Å². The van der Waals surface area contributed by atoms with Crippen LogP contribution in [0.2, 0.25) is 0 Å². The molecule has 0 bridgehead atoms. The third-order valence-electron chi connectivity index (χ3n) is 3.66. The highest BCUT2D eigenvalue weighted by Gasteiger charge is 2.41.